The Bertz CT molecular complexity index is 844. The molecule has 30 heavy (non-hydrogen) atoms. The molecule has 0 aliphatic heterocycles. The van der Waals surface area contributed by atoms with Crippen LogP contribution in [0.15, 0.2) is 48.5 Å². The predicted molar refractivity (Wildman–Crippen MR) is 116 cm³/mol. The van der Waals surface area contributed by atoms with Gasteiger partial charge in [-0.3, -0.25) is 14.5 Å². The van der Waals surface area contributed by atoms with Gasteiger partial charge in [0.25, 0.3) is 0 Å². The van der Waals surface area contributed by atoms with Crippen LogP contribution in [0.4, 0.5) is 10.1 Å². The molecular weight excluding hydrogens is 385 g/mol. The number of anilines is 1. The van der Waals surface area contributed by atoms with E-state index in [1.807, 2.05) is 30.9 Å². The Kier molecular flexibility index (Phi) is 9.28. The zero-order chi connectivity index (χ0) is 21.9. The molecule has 0 aromatic heterocycles. The number of rotatable bonds is 11. The first-order valence-electron chi connectivity index (χ1n) is 10.1. The van der Waals surface area contributed by atoms with Crippen LogP contribution in [0, 0.1) is 5.82 Å². The van der Waals surface area contributed by atoms with Crippen molar-refractivity contribution in [3.8, 4) is 5.75 Å². The fourth-order valence-electron chi connectivity index (χ4n) is 3.19. The van der Waals surface area contributed by atoms with Crippen molar-refractivity contribution in [3.05, 3.63) is 59.9 Å². The normalized spacial score (nSPS) is 10.7. The fraction of sp³-hybridized carbons (Fsp3) is 0.391. The first-order chi connectivity index (χ1) is 14.5. The van der Waals surface area contributed by atoms with Crippen LogP contribution in [-0.4, -0.2) is 54.9 Å². The van der Waals surface area contributed by atoms with Crippen LogP contribution in [0.25, 0.3) is 0 Å². The summed E-state index contributed by atoms with van der Waals surface area (Å²) in [5, 5.41) is 2.84. The summed E-state index contributed by atoms with van der Waals surface area (Å²) in [7, 11) is 1.55. The van der Waals surface area contributed by atoms with E-state index in [0.29, 0.717) is 31.1 Å². The van der Waals surface area contributed by atoms with Gasteiger partial charge in [0.15, 0.2) is 0 Å². The third kappa shape index (κ3) is 7.15. The Morgan fingerprint density at radius 2 is 1.83 bits per heavy atom. The molecule has 0 saturated carbocycles. The van der Waals surface area contributed by atoms with E-state index >= 15 is 0 Å². The molecule has 0 bridgehead atoms. The Hall–Kier alpha value is -2.93. The number of para-hydroxylation sites is 2. The molecule has 0 aliphatic carbocycles. The molecule has 0 aliphatic rings. The van der Waals surface area contributed by atoms with E-state index in [1.165, 1.54) is 12.1 Å². The van der Waals surface area contributed by atoms with Crippen molar-refractivity contribution >= 4 is 17.5 Å². The van der Waals surface area contributed by atoms with Gasteiger partial charge >= 0.3 is 0 Å². The van der Waals surface area contributed by atoms with Crippen LogP contribution >= 0.6 is 0 Å². The molecule has 2 amide bonds. The van der Waals surface area contributed by atoms with E-state index < -0.39 is 0 Å². The first kappa shape index (κ1) is 23.3. The highest BCUT2D eigenvalue weighted by molar-refractivity contribution is 5.94. The van der Waals surface area contributed by atoms with E-state index in [9.17, 15) is 14.0 Å². The third-order valence-corrected chi connectivity index (χ3v) is 4.64. The van der Waals surface area contributed by atoms with Crippen LogP contribution in [-0.2, 0) is 16.1 Å². The van der Waals surface area contributed by atoms with E-state index in [1.54, 1.807) is 36.3 Å². The van der Waals surface area contributed by atoms with Crippen LogP contribution in [0.5, 0.6) is 5.75 Å². The lowest BCUT2D eigenvalue weighted by Gasteiger charge is -2.26. The molecule has 0 spiro atoms. The summed E-state index contributed by atoms with van der Waals surface area (Å²) in [5.74, 6) is -0.0536. The van der Waals surface area contributed by atoms with Crippen molar-refractivity contribution in [2.24, 2.45) is 0 Å². The van der Waals surface area contributed by atoms with Gasteiger partial charge in [-0.1, -0.05) is 31.2 Å². The number of hydrogen-bond acceptors (Lipinski definition) is 4. The maximum Gasteiger partial charge on any atom is 0.238 e. The van der Waals surface area contributed by atoms with Crippen molar-refractivity contribution in [1.82, 2.24) is 9.80 Å². The number of halogens is 1. The lowest BCUT2D eigenvalue weighted by Crippen LogP contribution is -2.43. The summed E-state index contributed by atoms with van der Waals surface area (Å²) in [4.78, 5) is 28.9. The van der Waals surface area contributed by atoms with Crippen molar-refractivity contribution in [3.63, 3.8) is 0 Å². The van der Waals surface area contributed by atoms with Gasteiger partial charge in [0.1, 0.15) is 11.6 Å². The second-order valence-corrected chi connectivity index (χ2v) is 7.00. The SMILES string of the molecule is CCCN(CC(=O)Nc1ccccc1OC)CC(=O)N(CC)Cc1cccc(F)c1. The van der Waals surface area contributed by atoms with Gasteiger partial charge in [-0.15, -0.1) is 0 Å². The molecule has 2 aromatic rings. The number of benzene rings is 2. The zero-order valence-corrected chi connectivity index (χ0v) is 17.9. The number of hydrogen-bond donors (Lipinski definition) is 1. The summed E-state index contributed by atoms with van der Waals surface area (Å²) in [5.41, 5.74) is 1.33. The predicted octanol–water partition coefficient (Wildman–Crippen LogP) is 3.53. The highest BCUT2D eigenvalue weighted by atomic mass is 19.1. The number of carbonyl (C=O) groups excluding carboxylic acids is 2. The molecule has 2 rings (SSSR count). The lowest BCUT2D eigenvalue weighted by atomic mass is 10.2. The highest BCUT2D eigenvalue weighted by Crippen LogP contribution is 2.22. The van der Waals surface area contributed by atoms with Crippen LogP contribution in [0.1, 0.15) is 25.8 Å². The molecule has 0 unspecified atom stereocenters. The largest absolute Gasteiger partial charge is 0.495 e. The minimum atomic E-state index is -0.323. The highest BCUT2D eigenvalue weighted by Gasteiger charge is 2.19. The average molecular weight is 416 g/mol. The monoisotopic (exact) mass is 415 g/mol. The molecule has 0 fully saturated rings. The molecule has 0 saturated heterocycles. The Balaban J connectivity index is 1.98. The van der Waals surface area contributed by atoms with Gasteiger partial charge < -0.3 is 15.0 Å². The van der Waals surface area contributed by atoms with Crippen LogP contribution in [0.3, 0.4) is 0 Å². The second kappa shape index (κ2) is 11.9. The molecule has 1 N–H and O–H groups in total. The van der Waals surface area contributed by atoms with Gasteiger partial charge in [0.05, 0.1) is 25.9 Å². The molecule has 162 valence electrons. The Labute approximate surface area is 177 Å². The summed E-state index contributed by atoms with van der Waals surface area (Å²) in [6.07, 6.45) is 0.811. The number of amides is 2. The Morgan fingerprint density at radius 3 is 2.50 bits per heavy atom. The van der Waals surface area contributed by atoms with E-state index in [2.05, 4.69) is 5.32 Å². The number of likely N-dealkylation sites (N-methyl/N-ethyl adjacent to an activating group) is 1. The minimum Gasteiger partial charge on any atom is -0.495 e. The molecule has 0 atom stereocenters. The average Bonchev–Trinajstić information content (AvgIpc) is 2.72. The smallest absolute Gasteiger partial charge is 0.238 e. The summed E-state index contributed by atoms with van der Waals surface area (Å²) >= 11 is 0. The molecule has 0 radical (unpaired) electrons. The molecular formula is C23H30FN3O3. The van der Waals surface area contributed by atoms with E-state index in [0.717, 1.165) is 12.0 Å². The first-order valence-corrected chi connectivity index (χ1v) is 10.1. The number of nitrogens with zero attached hydrogens (tertiary/aromatic N) is 2. The summed E-state index contributed by atoms with van der Waals surface area (Å²) in [6, 6.07) is 13.4. The van der Waals surface area contributed by atoms with E-state index in [-0.39, 0.29) is 30.7 Å². The molecule has 0 heterocycles. The minimum absolute atomic E-state index is 0.0924. The van der Waals surface area contributed by atoms with Crippen molar-refractivity contribution in [2.75, 3.05) is 38.6 Å². The number of methoxy groups -OCH3 is 1. The van der Waals surface area contributed by atoms with Gasteiger partial charge in [-0.2, -0.15) is 0 Å². The van der Waals surface area contributed by atoms with Crippen LogP contribution in [0.2, 0.25) is 0 Å². The van der Waals surface area contributed by atoms with Crippen molar-refractivity contribution in [2.45, 2.75) is 26.8 Å². The van der Waals surface area contributed by atoms with E-state index in [4.69, 9.17) is 4.74 Å². The Morgan fingerprint density at radius 1 is 1.07 bits per heavy atom. The standard InChI is InChI=1S/C23H30FN3O3/c1-4-13-26(16-22(28)25-20-11-6-7-12-21(20)30-3)17-23(29)27(5-2)15-18-9-8-10-19(24)14-18/h6-12,14H,4-5,13,15-17H2,1-3H3,(H,25,28). The van der Waals surface area contributed by atoms with Gasteiger partial charge in [0, 0.05) is 13.1 Å². The third-order valence-electron chi connectivity index (χ3n) is 4.64. The van der Waals surface area contributed by atoms with Gasteiger partial charge in [-0.05, 0) is 49.7 Å². The molecule has 2 aromatic carbocycles. The lowest BCUT2D eigenvalue weighted by molar-refractivity contribution is -0.133. The second-order valence-electron chi connectivity index (χ2n) is 7.00. The van der Waals surface area contributed by atoms with Gasteiger partial charge in [-0.25, -0.2) is 4.39 Å². The maximum absolute atomic E-state index is 13.4. The topological polar surface area (TPSA) is 61.9 Å². The molecule has 7 heteroatoms. The molecule has 6 nitrogen and oxygen atoms in total. The van der Waals surface area contributed by atoms with Crippen molar-refractivity contribution < 1.29 is 18.7 Å². The van der Waals surface area contributed by atoms with Crippen LogP contribution < -0.4 is 10.1 Å². The number of ether oxygens (including phenoxy) is 1. The van der Waals surface area contributed by atoms with Gasteiger partial charge in [0.2, 0.25) is 11.8 Å². The maximum atomic E-state index is 13.4. The summed E-state index contributed by atoms with van der Waals surface area (Å²) < 4.78 is 18.7. The number of nitrogens with one attached hydrogen (secondary N) is 1. The zero-order valence-electron chi connectivity index (χ0n) is 17.9. The van der Waals surface area contributed by atoms with Crippen molar-refractivity contribution in [1.29, 1.82) is 0 Å². The summed E-state index contributed by atoms with van der Waals surface area (Å²) in [6.45, 7) is 5.55. The fourth-order valence-corrected chi connectivity index (χ4v) is 3.19. The number of carbonyl (C=O) groups is 2. The quantitative estimate of drug-likeness (QED) is 0.610.